The lowest BCUT2D eigenvalue weighted by Gasteiger charge is -2.26. The fraction of sp³-hybridized carbons (Fsp3) is 0.0980. The zero-order valence-corrected chi connectivity index (χ0v) is 32.8. The second-order valence-electron chi connectivity index (χ2n) is 14.6. The van der Waals surface area contributed by atoms with Gasteiger partial charge in [-0.1, -0.05) is 108 Å². The van der Waals surface area contributed by atoms with E-state index in [4.69, 9.17) is 0 Å². The predicted molar refractivity (Wildman–Crippen MR) is 236 cm³/mol. The van der Waals surface area contributed by atoms with Gasteiger partial charge >= 0.3 is 0 Å². The van der Waals surface area contributed by atoms with Gasteiger partial charge < -0.3 is 20.4 Å². The second kappa shape index (κ2) is 16.9. The van der Waals surface area contributed by atoms with E-state index in [0.717, 1.165) is 33.4 Å². The quantitative estimate of drug-likeness (QED) is 0.161. The minimum absolute atomic E-state index is 0.210. The number of hydrogen-bond donors (Lipinski definition) is 2. The van der Waals surface area contributed by atoms with E-state index in [2.05, 4.69) is 10.6 Å². The molecule has 4 amide bonds. The molecule has 7 aromatic rings. The van der Waals surface area contributed by atoms with Crippen LogP contribution in [0.15, 0.2) is 170 Å². The first-order valence-corrected chi connectivity index (χ1v) is 19.6. The monoisotopic (exact) mass is 774 g/mol. The first-order chi connectivity index (χ1) is 28.7. The number of rotatable bonds is 8. The molecule has 8 heteroatoms. The van der Waals surface area contributed by atoms with Crippen LogP contribution in [0.25, 0.3) is 22.3 Å². The van der Waals surface area contributed by atoms with Gasteiger partial charge in [-0.25, -0.2) is 0 Å². The molecular weight excluding hydrogens is 733 g/mol. The number of para-hydroxylation sites is 2. The highest BCUT2D eigenvalue weighted by molar-refractivity contribution is 6.14. The van der Waals surface area contributed by atoms with Crippen LogP contribution in [-0.4, -0.2) is 36.7 Å². The number of amides is 4. The van der Waals surface area contributed by atoms with Gasteiger partial charge in [-0.05, 0) is 115 Å². The van der Waals surface area contributed by atoms with Gasteiger partial charge in [0.2, 0.25) is 0 Å². The van der Waals surface area contributed by atoms with Gasteiger partial charge in [-0.2, -0.15) is 0 Å². The van der Waals surface area contributed by atoms with Gasteiger partial charge in [-0.3, -0.25) is 19.2 Å². The molecule has 290 valence electrons. The number of nitrogens with zero attached hydrogens (tertiary/aromatic N) is 2. The molecule has 59 heavy (non-hydrogen) atoms. The molecular formula is C51H42N4O4. The lowest BCUT2D eigenvalue weighted by Crippen LogP contribution is -2.31. The van der Waals surface area contributed by atoms with Crippen LogP contribution in [0.1, 0.15) is 59.0 Å². The first kappa shape index (κ1) is 38.3. The summed E-state index contributed by atoms with van der Waals surface area (Å²) in [4.78, 5) is 58.5. The Bertz CT molecular complexity index is 2490. The Kier molecular flexibility index (Phi) is 11.0. The van der Waals surface area contributed by atoms with Crippen molar-refractivity contribution in [1.29, 1.82) is 0 Å². The Hall–Kier alpha value is -7.58. The average molecular weight is 775 g/mol. The van der Waals surface area contributed by atoms with Crippen LogP contribution in [0, 0.1) is 13.8 Å². The Morgan fingerprint density at radius 3 is 1.17 bits per heavy atom. The van der Waals surface area contributed by atoms with Crippen molar-refractivity contribution in [1.82, 2.24) is 0 Å². The molecule has 2 N–H and O–H groups in total. The number of aryl methyl sites for hydroxylation is 2. The molecule has 8 rings (SSSR count). The van der Waals surface area contributed by atoms with Gasteiger partial charge in [0, 0.05) is 46.7 Å². The Morgan fingerprint density at radius 1 is 0.424 bits per heavy atom. The maximum atomic E-state index is 14.1. The molecule has 1 aliphatic rings. The maximum Gasteiger partial charge on any atom is 0.258 e. The number of anilines is 4. The van der Waals surface area contributed by atoms with Crippen molar-refractivity contribution in [3.8, 4) is 22.3 Å². The summed E-state index contributed by atoms with van der Waals surface area (Å²) < 4.78 is 0. The maximum absolute atomic E-state index is 14.1. The molecule has 0 atom stereocenters. The molecule has 0 aromatic heterocycles. The van der Waals surface area contributed by atoms with Crippen LogP contribution in [0.2, 0.25) is 0 Å². The summed E-state index contributed by atoms with van der Waals surface area (Å²) in [7, 11) is 0. The Balaban J connectivity index is 0.951. The van der Waals surface area contributed by atoms with Crippen LogP contribution >= 0.6 is 0 Å². The van der Waals surface area contributed by atoms with Crippen molar-refractivity contribution in [2.45, 2.75) is 20.3 Å². The van der Waals surface area contributed by atoms with Crippen molar-refractivity contribution < 1.29 is 19.2 Å². The molecule has 0 radical (unpaired) electrons. The molecule has 0 spiro atoms. The topological polar surface area (TPSA) is 98.8 Å². The van der Waals surface area contributed by atoms with Gasteiger partial charge in [0.25, 0.3) is 23.6 Å². The number of fused-ring (bicyclic) bond motifs is 1. The molecule has 0 unspecified atom stereocenters. The first-order valence-electron chi connectivity index (χ1n) is 19.6. The predicted octanol–water partition coefficient (Wildman–Crippen LogP) is 10.8. The largest absolute Gasteiger partial charge is 0.322 e. The van der Waals surface area contributed by atoms with E-state index in [0.29, 0.717) is 64.5 Å². The van der Waals surface area contributed by atoms with Crippen molar-refractivity contribution in [2.24, 2.45) is 0 Å². The smallest absolute Gasteiger partial charge is 0.258 e. The fourth-order valence-electron chi connectivity index (χ4n) is 7.40. The highest BCUT2D eigenvalue weighted by Gasteiger charge is 2.29. The zero-order valence-electron chi connectivity index (χ0n) is 32.8. The molecule has 8 nitrogen and oxygen atoms in total. The van der Waals surface area contributed by atoms with E-state index in [-0.39, 0.29) is 23.6 Å². The Morgan fingerprint density at radius 2 is 0.780 bits per heavy atom. The number of benzene rings is 7. The van der Waals surface area contributed by atoms with Gasteiger partial charge in [0.1, 0.15) is 0 Å². The summed E-state index contributed by atoms with van der Waals surface area (Å²) in [5, 5.41) is 5.97. The lowest BCUT2D eigenvalue weighted by molar-refractivity contribution is 0.0981. The van der Waals surface area contributed by atoms with Crippen molar-refractivity contribution in [3.63, 3.8) is 0 Å². The third kappa shape index (κ3) is 8.29. The van der Waals surface area contributed by atoms with E-state index in [1.165, 1.54) is 0 Å². The SMILES string of the molecule is Cc1ccc(-c2ccccc2C(=O)Nc2ccc(C(=O)N3CCCN(C(=O)c4ccc(NC(=O)c5ccccc5-c5ccc(C)cc5)cc4)c4ccccc43)cc2)cc1. The van der Waals surface area contributed by atoms with Crippen LogP contribution in [0.4, 0.5) is 22.7 Å². The van der Waals surface area contributed by atoms with Crippen LogP contribution in [0.5, 0.6) is 0 Å². The van der Waals surface area contributed by atoms with E-state index in [1.807, 2.05) is 123 Å². The minimum atomic E-state index is -0.245. The van der Waals surface area contributed by atoms with Gasteiger partial charge in [0.15, 0.2) is 0 Å². The molecule has 0 saturated heterocycles. The number of carbonyl (C=O) groups is 4. The number of hydrogen-bond acceptors (Lipinski definition) is 4. The molecule has 0 saturated carbocycles. The zero-order chi connectivity index (χ0) is 40.9. The fourth-order valence-corrected chi connectivity index (χ4v) is 7.40. The normalized spacial score (nSPS) is 12.2. The summed E-state index contributed by atoms with van der Waals surface area (Å²) in [5.74, 6) is -0.909. The molecule has 0 aliphatic carbocycles. The van der Waals surface area contributed by atoms with Crippen molar-refractivity contribution in [3.05, 3.63) is 203 Å². The van der Waals surface area contributed by atoms with E-state index in [9.17, 15) is 19.2 Å². The molecule has 1 aliphatic heterocycles. The van der Waals surface area contributed by atoms with Gasteiger partial charge in [-0.15, -0.1) is 0 Å². The van der Waals surface area contributed by atoms with E-state index in [1.54, 1.807) is 70.5 Å². The average Bonchev–Trinajstić information content (AvgIpc) is 3.47. The third-order valence-electron chi connectivity index (χ3n) is 10.6. The summed E-state index contributed by atoms with van der Waals surface area (Å²) in [5.41, 5.74) is 10.3. The van der Waals surface area contributed by atoms with Crippen molar-refractivity contribution >= 4 is 46.4 Å². The minimum Gasteiger partial charge on any atom is -0.322 e. The van der Waals surface area contributed by atoms with Crippen molar-refractivity contribution in [2.75, 3.05) is 33.5 Å². The summed E-state index contributed by atoms with van der Waals surface area (Å²) >= 11 is 0. The van der Waals surface area contributed by atoms with E-state index < -0.39 is 0 Å². The highest BCUT2D eigenvalue weighted by Crippen LogP contribution is 2.35. The Labute approximate surface area is 343 Å². The molecule has 0 fully saturated rings. The molecule has 0 bridgehead atoms. The summed E-state index contributed by atoms with van der Waals surface area (Å²) in [6, 6.07) is 52.3. The third-order valence-corrected chi connectivity index (χ3v) is 10.6. The number of nitrogens with one attached hydrogen (secondary N) is 2. The van der Waals surface area contributed by atoms with Crippen LogP contribution < -0.4 is 20.4 Å². The molecule has 1 heterocycles. The standard InChI is InChI=1S/C51H42N4O4/c1-34-16-20-36(21-17-34)42-10-3-5-12-44(42)48(56)52-40-28-24-38(25-29-40)50(58)54-32-9-33-55(47-15-8-7-14-46(47)54)51(59)39-26-30-41(31-27-39)53-49(57)45-13-6-4-11-43(45)37-22-18-35(2)19-23-37/h3-8,10-31H,9,32-33H2,1-2H3,(H,52,56)(H,53,57). The van der Waals surface area contributed by atoms with Crippen LogP contribution in [-0.2, 0) is 0 Å². The summed E-state index contributed by atoms with van der Waals surface area (Å²) in [6.07, 6.45) is 0.551. The van der Waals surface area contributed by atoms with Gasteiger partial charge in [0.05, 0.1) is 11.4 Å². The summed E-state index contributed by atoms with van der Waals surface area (Å²) in [6.45, 7) is 4.86. The highest BCUT2D eigenvalue weighted by atomic mass is 16.2. The van der Waals surface area contributed by atoms with Crippen LogP contribution in [0.3, 0.4) is 0 Å². The lowest BCUT2D eigenvalue weighted by atomic mass is 9.98. The van der Waals surface area contributed by atoms with E-state index >= 15 is 0 Å². The second-order valence-corrected chi connectivity index (χ2v) is 14.6. The molecule has 7 aromatic carbocycles. The number of carbonyl (C=O) groups excluding carboxylic acids is 4.